The Morgan fingerprint density at radius 1 is 1.12 bits per heavy atom. The molecule has 2 aliphatic heterocycles. The molecule has 2 aliphatic rings. The van der Waals surface area contributed by atoms with Crippen LogP contribution in [0.4, 0.5) is 0 Å². The number of likely N-dealkylation sites (tertiary alicyclic amines) is 1. The largest absolute Gasteiger partial charge is 0.381 e. The number of hydrogen-bond acceptors (Lipinski definition) is 3. The Balaban J connectivity index is 1.80. The molecular formula is C14H28N2O. The third kappa shape index (κ3) is 4.23. The molecule has 1 N–H and O–H groups in total. The maximum absolute atomic E-state index is 5.64. The first kappa shape index (κ1) is 13.3. The van der Waals surface area contributed by atoms with Gasteiger partial charge in [0.05, 0.1) is 6.61 Å². The fourth-order valence-corrected chi connectivity index (χ4v) is 3.18. The second-order valence-corrected chi connectivity index (χ2v) is 5.59. The van der Waals surface area contributed by atoms with Crippen molar-refractivity contribution in [2.75, 3.05) is 39.9 Å². The topological polar surface area (TPSA) is 24.5 Å². The summed E-state index contributed by atoms with van der Waals surface area (Å²) in [6.45, 7) is 5.70. The van der Waals surface area contributed by atoms with Crippen molar-refractivity contribution >= 4 is 0 Å². The molecule has 17 heavy (non-hydrogen) atoms. The molecule has 0 bridgehead atoms. The molecule has 0 aromatic rings. The average molecular weight is 240 g/mol. The second-order valence-electron chi connectivity index (χ2n) is 5.59. The van der Waals surface area contributed by atoms with Gasteiger partial charge in [-0.25, -0.2) is 0 Å². The van der Waals surface area contributed by atoms with E-state index in [1.807, 2.05) is 0 Å². The van der Waals surface area contributed by atoms with Crippen molar-refractivity contribution in [1.82, 2.24) is 10.2 Å². The van der Waals surface area contributed by atoms with E-state index < -0.39 is 0 Å². The summed E-state index contributed by atoms with van der Waals surface area (Å²) in [6.07, 6.45) is 8.24. The maximum Gasteiger partial charge on any atom is 0.0521 e. The number of nitrogens with zero attached hydrogens (tertiary/aromatic N) is 1. The van der Waals surface area contributed by atoms with Crippen LogP contribution in [0, 0.1) is 5.92 Å². The Morgan fingerprint density at radius 2 is 1.82 bits per heavy atom. The molecule has 2 heterocycles. The molecule has 2 fully saturated rings. The van der Waals surface area contributed by atoms with Crippen LogP contribution in [-0.4, -0.2) is 50.8 Å². The highest BCUT2D eigenvalue weighted by Crippen LogP contribution is 2.18. The van der Waals surface area contributed by atoms with E-state index in [2.05, 4.69) is 17.3 Å². The molecule has 2 unspecified atom stereocenters. The van der Waals surface area contributed by atoms with Crippen molar-refractivity contribution in [3.8, 4) is 0 Å². The lowest BCUT2D eigenvalue weighted by Crippen LogP contribution is -2.47. The van der Waals surface area contributed by atoms with Gasteiger partial charge in [0, 0.05) is 25.1 Å². The molecule has 2 atom stereocenters. The van der Waals surface area contributed by atoms with Crippen LogP contribution in [0.3, 0.4) is 0 Å². The Hall–Kier alpha value is -0.120. The van der Waals surface area contributed by atoms with E-state index in [9.17, 15) is 0 Å². The highest BCUT2D eigenvalue weighted by Gasteiger charge is 2.26. The number of hydrogen-bond donors (Lipinski definition) is 1. The van der Waals surface area contributed by atoms with Crippen molar-refractivity contribution in [2.24, 2.45) is 5.92 Å². The summed E-state index contributed by atoms with van der Waals surface area (Å²) in [4.78, 5) is 2.67. The Labute approximate surface area is 106 Å². The molecule has 3 heteroatoms. The van der Waals surface area contributed by atoms with Crippen molar-refractivity contribution in [3.05, 3.63) is 0 Å². The standard InChI is InChI=1S/C14H28N2O/c1-15-14-7-10-17-12-13(14)11-16-8-5-3-2-4-6-9-16/h13-15H,2-12H2,1H3. The fraction of sp³-hybridized carbons (Fsp3) is 1.00. The Bertz CT molecular complexity index is 202. The van der Waals surface area contributed by atoms with Gasteiger partial charge in [-0.2, -0.15) is 0 Å². The van der Waals surface area contributed by atoms with Gasteiger partial charge in [-0.3, -0.25) is 0 Å². The Morgan fingerprint density at radius 3 is 2.53 bits per heavy atom. The zero-order valence-electron chi connectivity index (χ0n) is 11.3. The lowest BCUT2D eigenvalue weighted by atomic mass is 9.94. The SMILES string of the molecule is CNC1CCOCC1CN1CCCCCCC1. The number of rotatable bonds is 3. The first-order valence-electron chi connectivity index (χ1n) is 7.37. The van der Waals surface area contributed by atoms with E-state index in [-0.39, 0.29) is 0 Å². The van der Waals surface area contributed by atoms with Crippen molar-refractivity contribution in [1.29, 1.82) is 0 Å². The summed E-state index contributed by atoms with van der Waals surface area (Å²) in [7, 11) is 2.09. The lowest BCUT2D eigenvalue weighted by Gasteiger charge is -2.36. The molecule has 100 valence electrons. The van der Waals surface area contributed by atoms with E-state index in [0.717, 1.165) is 13.2 Å². The minimum Gasteiger partial charge on any atom is -0.381 e. The average Bonchev–Trinajstić information content (AvgIpc) is 2.33. The molecule has 0 radical (unpaired) electrons. The highest BCUT2D eigenvalue weighted by atomic mass is 16.5. The van der Waals surface area contributed by atoms with E-state index in [1.165, 1.54) is 58.2 Å². The zero-order valence-corrected chi connectivity index (χ0v) is 11.3. The van der Waals surface area contributed by atoms with E-state index in [4.69, 9.17) is 4.74 Å². The summed E-state index contributed by atoms with van der Waals surface area (Å²) >= 11 is 0. The predicted molar refractivity (Wildman–Crippen MR) is 71.3 cm³/mol. The van der Waals surface area contributed by atoms with E-state index >= 15 is 0 Å². The van der Waals surface area contributed by atoms with Crippen LogP contribution in [0.15, 0.2) is 0 Å². The molecule has 3 nitrogen and oxygen atoms in total. The highest BCUT2D eigenvalue weighted by molar-refractivity contribution is 4.81. The first-order valence-corrected chi connectivity index (χ1v) is 7.37. The van der Waals surface area contributed by atoms with Gasteiger partial charge in [0.15, 0.2) is 0 Å². The summed E-state index contributed by atoms with van der Waals surface area (Å²) in [5.41, 5.74) is 0. The quantitative estimate of drug-likeness (QED) is 0.815. The molecular weight excluding hydrogens is 212 g/mol. The monoisotopic (exact) mass is 240 g/mol. The Kier molecular flexibility index (Phi) is 5.75. The van der Waals surface area contributed by atoms with Gasteiger partial charge in [-0.05, 0) is 39.4 Å². The van der Waals surface area contributed by atoms with Crippen LogP contribution in [0.25, 0.3) is 0 Å². The second kappa shape index (κ2) is 7.34. The van der Waals surface area contributed by atoms with Gasteiger partial charge in [-0.1, -0.05) is 19.3 Å². The van der Waals surface area contributed by atoms with Crippen molar-refractivity contribution in [3.63, 3.8) is 0 Å². The van der Waals surface area contributed by atoms with Gasteiger partial charge in [0.2, 0.25) is 0 Å². The molecule has 0 aromatic carbocycles. The van der Waals surface area contributed by atoms with Gasteiger partial charge in [-0.15, -0.1) is 0 Å². The van der Waals surface area contributed by atoms with E-state index in [1.54, 1.807) is 0 Å². The summed E-state index contributed by atoms with van der Waals surface area (Å²) in [5, 5.41) is 3.46. The molecule has 2 saturated heterocycles. The number of ether oxygens (including phenoxy) is 1. The first-order chi connectivity index (χ1) is 8.40. The third-order valence-corrected chi connectivity index (χ3v) is 4.29. The van der Waals surface area contributed by atoms with Crippen LogP contribution < -0.4 is 5.32 Å². The smallest absolute Gasteiger partial charge is 0.0521 e. The molecule has 0 aliphatic carbocycles. The molecule has 0 spiro atoms. The van der Waals surface area contributed by atoms with Crippen molar-refractivity contribution < 1.29 is 4.74 Å². The summed E-state index contributed by atoms with van der Waals surface area (Å²) in [6, 6.07) is 0.661. The summed E-state index contributed by atoms with van der Waals surface area (Å²) in [5.74, 6) is 0.688. The minimum absolute atomic E-state index is 0.661. The van der Waals surface area contributed by atoms with Crippen LogP contribution in [0.1, 0.15) is 38.5 Å². The maximum atomic E-state index is 5.64. The van der Waals surface area contributed by atoms with Gasteiger partial charge in [0.1, 0.15) is 0 Å². The van der Waals surface area contributed by atoms with Crippen molar-refractivity contribution in [2.45, 2.75) is 44.6 Å². The zero-order chi connectivity index (χ0) is 11.9. The van der Waals surface area contributed by atoms with Crippen LogP contribution in [0.5, 0.6) is 0 Å². The number of nitrogens with one attached hydrogen (secondary N) is 1. The summed E-state index contributed by atoms with van der Waals surface area (Å²) < 4.78 is 5.64. The molecule has 0 saturated carbocycles. The fourth-order valence-electron chi connectivity index (χ4n) is 3.18. The van der Waals surface area contributed by atoms with Crippen LogP contribution in [0.2, 0.25) is 0 Å². The predicted octanol–water partition coefficient (Wildman–Crippen LogP) is 1.88. The van der Waals surface area contributed by atoms with Gasteiger partial charge in [0.25, 0.3) is 0 Å². The molecule has 0 aromatic heterocycles. The lowest BCUT2D eigenvalue weighted by molar-refractivity contribution is 0.0174. The molecule has 2 rings (SSSR count). The molecule has 0 amide bonds. The van der Waals surface area contributed by atoms with Crippen LogP contribution in [-0.2, 0) is 4.74 Å². The minimum atomic E-state index is 0.661. The van der Waals surface area contributed by atoms with Gasteiger partial charge >= 0.3 is 0 Å². The van der Waals surface area contributed by atoms with Crippen LogP contribution >= 0.6 is 0 Å². The normalized spacial score (nSPS) is 33.0. The third-order valence-electron chi connectivity index (χ3n) is 4.29. The van der Waals surface area contributed by atoms with E-state index in [0.29, 0.717) is 12.0 Å². The van der Waals surface area contributed by atoms with Gasteiger partial charge < -0.3 is 15.0 Å².